The molecule has 0 aliphatic heterocycles. The highest BCUT2D eigenvalue weighted by Gasteiger charge is 2.20. The van der Waals surface area contributed by atoms with Gasteiger partial charge >= 0.3 is 0 Å². The summed E-state index contributed by atoms with van der Waals surface area (Å²) in [6.07, 6.45) is 1.69. The Balaban J connectivity index is 1.66. The number of nitrogens with zero attached hydrogens (tertiary/aromatic N) is 4. The second-order valence-electron chi connectivity index (χ2n) is 5.81. The van der Waals surface area contributed by atoms with Gasteiger partial charge < -0.3 is 4.42 Å². The second-order valence-corrected chi connectivity index (χ2v) is 8.03. The maximum absolute atomic E-state index is 12.7. The minimum Gasteiger partial charge on any atom is -0.419 e. The van der Waals surface area contributed by atoms with Gasteiger partial charge in [0.2, 0.25) is 11.8 Å². The number of aromatic nitrogens is 4. The van der Waals surface area contributed by atoms with Gasteiger partial charge in [-0.2, -0.15) is 0 Å². The summed E-state index contributed by atoms with van der Waals surface area (Å²) in [5.74, 6) is 0.964. The molecule has 4 aromatic rings. The summed E-state index contributed by atoms with van der Waals surface area (Å²) >= 11 is 2.82. The number of benzene rings is 1. The Hall–Kier alpha value is -2.71. The molecular weight excluding hydrogens is 380 g/mol. The lowest BCUT2D eigenvalue weighted by molar-refractivity contribution is 0.508. The lowest BCUT2D eigenvalue weighted by Gasteiger charge is -2.12. The molecule has 0 spiro atoms. The molecule has 6 nitrogen and oxygen atoms in total. The Morgan fingerprint density at radius 2 is 2.11 bits per heavy atom. The fourth-order valence-corrected chi connectivity index (χ4v) is 4.33. The highest BCUT2D eigenvalue weighted by molar-refractivity contribution is 7.99. The molecule has 4 rings (SSSR count). The van der Waals surface area contributed by atoms with Crippen LogP contribution in [-0.2, 0) is 6.54 Å². The van der Waals surface area contributed by atoms with Crippen molar-refractivity contribution in [1.82, 2.24) is 19.7 Å². The third-order valence-corrected chi connectivity index (χ3v) is 5.90. The highest BCUT2D eigenvalue weighted by Crippen LogP contribution is 2.34. The van der Waals surface area contributed by atoms with E-state index in [4.69, 9.17) is 4.42 Å². The smallest absolute Gasteiger partial charge is 0.272 e. The van der Waals surface area contributed by atoms with Gasteiger partial charge in [0.15, 0.2) is 5.16 Å². The van der Waals surface area contributed by atoms with Gasteiger partial charge in [0.1, 0.15) is 4.70 Å². The van der Waals surface area contributed by atoms with Crippen LogP contribution in [0.5, 0.6) is 0 Å². The molecule has 0 saturated heterocycles. The minimum atomic E-state index is -0.158. The van der Waals surface area contributed by atoms with Gasteiger partial charge in [0.05, 0.1) is 10.8 Å². The van der Waals surface area contributed by atoms with Crippen LogP contribution in [0.1, 0.15) is 18.1 Å². The van der Waals surface area contributed by atoms with E-state index in [1.807, 2.05) is 48.7 Å². The predicted octanol–water partition coefficient (Wildman–Crippen LogP) is 4.55. The van der Waals surface area contributed by atoms with Crippen molar-refractivity contribution in [2.24, 2.45) is 0 Å². The molecule has 0 aliphatic rings. The molecular formula is C19H16N4O2S2. The summed E-state index contributed by atoms with van der Waals surface area (Å²) in [7, 11) is 0. The van der Waals surface area contributed by atoms with E-state index in [-0.39, 0.29) is 10.8 Å². The van der Waals surface area contributed by atoms with Gasteiger partial charge in [-0.1, -0.05) is 36.0 Å². The van der Waals surface area contributed by atoms with Crippen LogP contribution < -0.4 is 5.56 Å². The van der Waals surface area contributed by atoms with Gasteiger partial charge in [0.25, 0.3) is 5.56 Å². The average Bonchev–Trinajstić information content (AvgIpc) is 3.35. The molecule has 136 valence electrons. The van der Waals surface area contributed by atoms with E-state index in [2.05, 4.69) is 21.8 Å². The standard InChI is InChI=1S/C19H16N4O2S2/c1-3-10-23-18(24)15-14(9-11-26-15)20-19(23)27-12(2)16-21-22-17(25-16)13-7-5-4-6-8-13/h3-9,11-12H,1,10H2,2H3. The van der Waals surface area contributed by atoms with Crippen molar-refractivity contribution in [2.75, 3.05) is 0 Å². The Morgan fingerprint density at radius 1 is 1.30 bits per heavy atom. The van der Waals surface area contributed by atoms with E-state index in [9.17, 15) is 4.79 Å². The van der Waals surface area contributed by atoms with Crippen LogP contribution in [0, 0.1) is 0 Å². The van der Waals surface area contributed by atoms with Gasteiger partial charge in [-0.3, -0.25) is 9.36 Å². The summed E-state index contributed by atoms with van der Waals surface area (Å²) in [6, 6.07) is 11.5. The number of hydrogen-bond donors (Lipinski definition) is 0. The molecule has 0 amide bonds. The number of thiophene rings is 1. The molecule has 1 unspecified atom stereocenters. The molecule has 0 aliphatic carbocycles. The summed E-state index contributed by atoms with van der Waals surface area (Å²) in [5, 5.41) is 10.6. The molecule has 0 N–H and O–H groups in total. The highest BCUT2D eigenvalue weighted by atomic mass is 32.2. The molecule has 0 saturated carbocycles. The molecule has 1 aromatic carbocycles. The fourth-order valence-electron chi connectivity index (χ4n) is 2.61. The van der Waals surface area contributed by atoms with Crippen LogP contribution in [0.3, 0.4) is 0 Å². The fraction of sp³-hybridized carbons (Fsp3) is 0.158. The third kappa shape index (κ3) is 3.45. The maximum atomic E-state index is 12.7. The molecule has 3 heterocycles. The zero-order valence-electron chi connectivity index (χ0n) is 14.5. The van der Waals surface area contributed by atoms with Crippen LogP contribution >= 0.6 is 23.1 Å². The van der Waals surface area contributed by atoms with Gasteiger partial charge in [-0.05, 0) is 30.5 Å². The maximum Gasteiger partial charge on any atom is 0.272 e. The number of thioether (sulfide) groups is 1. The largest absolute Gasteiger partial charge is 0.419 e. The molecule has 27 heavy (non-hydrogen) atoms. The first kappa shape index (κ1) is 17.7. The first-order chi connectivity index (χ1) is 13.2. The van der Waals surface area contributed by atoms with E-state index in [0.29, 0.717) is 33.7 Å². The first-order valence-electron chi connectivity index (χ1n) is 8.32. The molecule has 3 aromatic heterocycles. The molecule has 1 atom stereocenters. The van der Waals surface area contributed by atoms with Crippen molar-refractivity contribution in [2.45, 2.75) is 23.9 Å². The Labute approximate surface area is 163 Å². The number of allylic oxidation sites excluding steroid dienone is 1. The van der Waals surface area contributed by atoms with Crippen LogP contribution in [0.15, 0.2) is 68.8 Å². The van der Waals surface area contributed by atoms with Crippen molar-refractivity contribution in [3.8, 4) is 11.5 Å². The van der Waals surface area contributed by atoms with Gasteiger partial charge in [-0.15, -0.1) is 28.1 Å². The van der Waals surface area contributed by atoms with E-state index in [1.165, 1.54) is 23.1 Å². The number of hydrogen-bond acceptors (Lipinski definition) is 7. The topological polar surface area (TPSA) is 73.8 Å². The van der Waals surface area contributed by atoms with Gasteiger partial charge in [0, 0.05) is 12.1 Å². The van der Waals surface area contributed by atoms with Crippen LogP contribution in [0.4, 0.5) is 0 Å². The lowest BCUT2D eigenvalue weighted by Crippen LogP contribution is -2.22. The van der Waals surface area contributed by atoms with Crippen LogP contribution in [0.2, 0.25) is 0 Å². The Bertz CT molecular complexity index is 1150. The van der Waals surface area contributed by atoms with Crippen molar-refractivity contribution >= 4 is 33.3 Å². The van der Waals surface area contributed by atoms with Crippen molar-refractivity contribution in [3.05, 3.63) is 70.7 Å². The zero-order chi connectivity index (χ0) is 18.8. The second kappa shape index (κ2) is 7.50. The first-order valence-corrected chi connectivity index (χ1v) is 10.1. The average molecular weight is 396 g/mol. The van der Waals surface area contributed by atoms with E-state index in [0.717, 1.165) is 5.56 Å². The summed E-state index contributed by atoms with van der Waals surface area (Å²) < 4.78 is 8.11. The van der Waals surface area contributed by atoms with Crippen LogP contribution in [0.25, 0.3) is 21.7 Å². The van der Waals surface area contributed by atoms with Crippen LogP contribution in [-0.4, -0.2) is 19.7 Å². The van der Waals surface area contributed by atoms with Crippen molar-refractivity contribution < 1.29 is 4.42 Å². The Morgan fingerprint density at radius 3 is 2.89 bits per heavy atom. The molecule has 8 heteroatoms. The monoisotopic (exact) mass is 396 g/mol. The lowest BCUT2D eigenvalue weighted by atomic mass is 10.2. The SMILES string of the molecule is C=CCn1c(SC(C)c2nnc(-c3ccccc3)o2)nc2ccsc2c1=O. The third-order valence-electron chi connectivity index (χ3n) is 3.93. The van der Waals surface area contributed by atoms with E-state index >= 15 is 0 Å². The normalized spacial score (nSPS) is 12.3. The molecule has 0 fully saturated rings. The van der Waals surface area contributed by atoms with E-state index in [1.54, 1.807) is 10.6 Å². The number of fused-ring (bicyclic) bond motifs is 1. The quantitative estimate of drug-likeness (QED) is 0.270. The molecule has 0 radical (unpaired) electrons. The van der Waals surface area contributed by atoms with Crippen molar-refractivity contribution in [1.29, 1.82) is 0 Å². The summed E-state index contributed by atoms with van der Waals surface area (Å²) in [4.78, 5) is 17.4. The summed E-state index contributed by atoms with van der Waals surface area (Å²) in [6.45, 7) is 6.10. The zero-order valence-corrected chi connectivity index (χ0v) is 16.2. The summed E-state index contributed by atoms with van der Waals surface area (Å²) in [5.41, 5.74) is 1.52. The molecule has 0 bridgehead atoms. The van der Waals surface area contributed by atoms with Crippen molar-refractivity contribution in [3.63, 3.8) is 0 Å². The van der Waals surface area contributed by atoms with E-state index < -0.39 is 0 Å². The predicted molar refractivity (Wildman–Crippen MR) is 108 cm³/mol. The minimum absolute atomic E-state index is 0.0555. The number of rotatable bonds is 6. The van der Waals surface area contributed by atoms with Gasteiger partial charge in [-0.25, -0.2) is 4.98 Å². The Kier molecular flexibility index (Phi) is 4.91.